The highest BCUT2D eigenvalue weighted by molar-refractivity contribution is 5.70. The fourth-order valence-electron chi connectivity index (χ4n) is 3.08. The molecule has 0 spiro atoms. The molecule has 1 aromatic carbocycles. The van der Waals surface area contributed by atoms with Crippen molar-refractivity contribution >= 4 is 5.97 Å². The van der Waals surface area contributed by atoms with Crippen molar-refractivity contribution in [2.75, 3.05) is 6.61 Å². The Morgan fingerprint density at radius 1 is 1.24 bits per heavy atom. The highest BCUT2D eigenvalue weighted by atomic mass is 19.4. The van der Waals surface area contributed by atoms with Crippen molar-refractivity contribution in [3.05, 3.63) is 23.8 Å². The maximum absolute atomic E-state index is 12.5. The summed E-state index contributed by atoms with van der Waals surface area (Å²) in [7, 11) is 0. The van der Waals surface area contributed by atoms with Crippen LogP contribution in [-0.2, 0) is 4.79 Å². The average molecular weight is 360 g/mol. The molecule has 140 valence electrons. The Morgan fingerprint density at radius 3 is 2.40 bits per heavy atom. The zero-order valence-electron chi connectivity index (χ0n) is 14.3. The van der Waals surface area contributed by atoms with Crippen molar-refractivity contribution in [2.45, 2.75) is 51.8 Å². The van der Waals surface area contributed by atoms with Gasteiger partial charge in [-0.15, -0.1) is 13.2 Å². The van der Waals surface area contributed by atoms with Gasteiger partial charge in [0.25, 0.3) is 0 Å². The standard InChI is InChI=1S/C18H23F3O4/c1-11(2)10-24-16-8-7-14(25-18(19,20)21)9-15(16)12-3-5-13(6-4-12)17(22)23/h7-9,11-13H,3-6,10H2,1-2H3,(H,22,23). The molecule has 1 N–H and O–H groups in total. The lowest BCUT2D eigenvalue weighted by atomic mass is 9.78. The summed E-state index contributed by atoms with van der Waals surface area (Å²) in [5.74, 6) is -0.687. The molecule has 0 atom stereocenters. The minimum absolute atomic E-state index is 0.0328. The second kappa shape index (κ2) is 7.97. The van der Waals surface area contributed by atoms with Gasteiger partial charge in [0.2, 0.25) is 0 Å². The van der Waals surface area contributed by atoms with Crippen LogP contribution in [0.1, 0.15) is 51.0 Å². The molecule has 1 aliphatic carbocycles. The molecular formula is C18H23F3O4. The summed E-state index contributed by atoms with van der Waals surface area (Å²) in [6.07, 6.45) is -2.53. The number of alkyl halides is 3. The summed E-state index contributed by atoms with van der Waals surface area (Å²) in [5.41, 5.74) is 0.659. The van der Waals surface area contributed by atoms with E-state index in [1.54, 1.807) is 0 Å². The number of rotatable bonds is 6. The van der Waals surface area contributed by atoms with Crippen molar-refractivity contribution in [1.82, 2.24) is 0 Å². The molecule has 1 saturated carbocycles. The maximum atomic E-state index is 12.5. The normalized spacial score (nSPS) is 21.2. The second-order valence-electron chi connectivity index (χ2n) is 6.84. The van der Waals surface area contributed by atoms with Gasteiger partial charge < -0.3 is 14.6 Å². The van der Waals surface area contributed by atoms with Crippen LogP contribution in [0.5, 0.6) is 11.5 Å². The van der Waals surface area contributed by atoms with E-state index in [0.717, 1.165) is 0 Å². The second-order valence-corrected chi connectivity index (χ2v) is 6.84. The molecule has 0 heterocycles. The fourth-order valence-corrected chi connectivity index (χ4v) is 3.08. The van der Waals surface area contributed by atoms with Crippen LogP contribution in [0.2, 0.25) is 0 Å². The lowest BCUT2D eigenvalue weighted by Crippen LogP contribution is -2.21. The molecule has 0 aliphatic heterocycles. The van der Waals surface area contributed by atoms with Crippen molar-refractivity contribution in [2.24, 2.45) is 11.8 Å². The third-order valence-electron chi connectivity index (χ3n) is 4.30. The molecule has 0 saturated heterocycles. The van der Waals surface area contributed by atoms with Gasteiger partial charge >= 0.3 is 12.3 Å². The van der Waals surface area contributed by atoms with E-state index in [1.807, 2.05) is 13.8 Å². The monoisotopic (exact) mass is 360 g/mol. The van der Waals surface area contributed by atoms with E-state index < -0.39 is 12.3 Å². The van der Waals surface area contributed by atoms with Gasteiger partial charge in [-0.25, -0.2) is 0 Å². The molecule has 2 rings (SSSR count). The lowest BCUT2D eigenvalue weighted by Gasteiger charge is -2.28. The highest BCUT2D eigenvalue weighted by Gasteiger charge is 2.33. The van der Waals surface area contributed by atoms with Crippen LogP contribution < -0.4 is 9.47 Å². The maximum Gasteiger partial charge on any atom is 0.573 e. The number of carbonyl (C=O) groups is 1. The Hall–Kier alpha value is -1.92. The fraction of sp³-hybridized carbons (Fsp3) is 0.611. The Labute approximate surface area is 144 Å². The molecule has 4 nitrogen and oxygen atoms in total. The molecule has 0 unspecified atom stereocenters. The van der Waals surface area contributed by atoms with E-state index in [2.05, 4.69) is 4.74 Å². The number of benzene rings is 1. The van der Waals surface area contributed by atoms with Crippen LogP contribution >= 0.6 is 0 Å². The first kappa shape index (κ1) is 19.4. The number of hydrogen-bond acceptors (Lipinski definition) is 3. The lowest BCUT2D eigenvalue weighted by molar-refractivity contribution is -0.274. The van der Waals surface area contributed by atoms with Crippen LogP contribution in [0.25, 0.3) is 0 Å². The number of hydrogen-bond donors (Lipinski definition) is 1. The number of ether oxygens (including phenoxy) is 2. The Kier molecular flexibility index (Phi) is 6.19. The average Bonchev–Trinajstić information content (AvgIpc) is 2.52. The van der Waals surface area contributed by atoms with Gasteiger partial charge in [-0.05, 0) is 55.7 Å². The smallest absolute Gasteiger partial charge is 0.493 e. The molecule has 1 aromatic rings. The van der Waals surface area contributed by atoms with E-state index in [1.165, 1.54) is 18.2 Å². The highest BCUT2D eigenvalue weighted by Crippen LogP contribution is 2.41. The molecule has 0 radical (unpaired) electrons. The van der Waals surface area contributed by atoms with Gasteiger partial charge in [0, 0.05) is 5.56 Å². The van der Waals surface area contributed by atoms with Gasteiger partial charge in [-0.3, -0.25) is 4.79 Å². The number of carboxylic acids is 1. The first-order valence-corrected chi connectivity index (χ1v) is 8.41. The van der Waals surface area contributed by atoms with E-state index in [4.69, 9.17) is 9.84 Å². The van der Waals surface area contributed by atoms with Crippen LogP contribution in [0.15, 0.2) is 18.2 Å². The predicted octanol–water partition coefficient (Wildman–Crippen LogP) is 4.98. The zero-order chi connectivity index (χ0) is 18.6. The van der Waals surface area contributed by atoms with Gasteiger partial charge in [-0.2, -0.15) is 0 Å². The zero-order valence-corrected chi connectivity index (χ0v) is 14.3. The number of halogens is 3. The summed E-state index contributed by atoms with van der Waals surface area (Å²) in [6.45, 7) is 4.43. The minimum atomic E-state index is -4.75. The van der Waals surface area contributed by atoms with Crippen LogP contribution in [0.4, 0.5) is 13.2 Å². The molecule has 25 heavy (non-hydrogen) atoms. The summed E-state index contributed by atoms with van der Waals surface area (Å²) in [6, 6.07) is 4.12. The largest absolute Gasteiger partial charge is 0.573 e. The Bertz CT molecular complexity index is 590. The van der Waals surface area contributed by atoms with Crippen molar-refractivity contribution in [3.63, 3.8) is 0 Å². The molecule has 7 heteroatoms. The molecule has 1 aliphatic rings. The van der Waals surface area contributed by atoms with Crippen molar-refractivity contribution in [3.8, 4) is 11.5 Å². The van der Waals surface area contributed by atoms with Crippen LogP contribution in [-0.4, -0.2) is 24.0 Å². The first-order valence-electron chi connectivity index (χ1n) is 8.41. The number of carboxylic acid groups (broad SMARTS) is 1. The quantitative estimate of drug-likeness (QED) is 0.777. The third-order valence-corrected chi connectivity index (χ3v) is 4.30. The van der Waals surface area contributed by atoms with Crippen molar-refractivity contribution in [1.29, 1.82) is 0 Å². The first-order chi connectivity index (χ1) is 11.7. The summed E-state index contributed by atoms with van der Waals surface area (Å²) in [5, 5.41) is 9.10. The molecule has 0 bridgehead atoms. The molecular weight excluding hydrogens is 337 g/mol. The molecule has 0 amide bonds. The van der Waals surface area contributed by atoms with Crippen LogP contribution in [0.3, 0.4) is 0 Å². The Morgan fingerprint density at radius 2 is 1.88 bits per heavy atom. The predicted molar refractivity (Wildman–Crippen MR) is 85.8 cm³/mol. The third kappa shape index (κ3) is 5.83. The summed E-state index contributed by atoms with van der Waals surface area (Å²) in [4.78, 5) is 11.1. The van der Waals surface area contributed by atoms with E-state index in [0.29, 0.717) is 43.6 Å². The summed E-state index contributed by atoms with van der Waals surface area (Å²) < 4.78 is 47.3. The minimum Gasteiger partial charge on any atom is -0.493 e. The van der Waals surface area contributed by atoms with Gasteiger partial charge in [0.05, 0.1) is 12.5 Å². The van der Waals surface area contributed by atoms with Gasteiger partial charge in [0.15, 0.2) is 0 Å². The number of aliphatic carboxylic acids is 1. The van der Waals surface area contributed by atoms with Crippen LogP contribution in [0, 0.1) is 11.8 Å². The SMILES string of the molecule is CC(C)COc1ccc(OC(F)(F)F)cc1C1CCC(C(=O)O)CC1. The summed E-state index contributed by atoms with van der Waals surface area (Å²) >= 11 is 0. The van der Waals surface area contributed by atoms with E-state index in [9.17, 15) is 18.0 Å². The Balaban J connectivity index is 2.21. The molecule has 1 fully saturated rings. The van der Waals surface area contributed by atoms with Gasteiger partial charge in [-0.1, -0.05) is 13.8 Å². The molecule has 0 aromatic heterocycles. The topological polar surface area (TPSA) is 55.8 Å². The van der Waals surface area contributed by atoms with Crippen molar-refractivity contribution < 1.29 is 32.5 Å². The van der Waals surface area contributed by atoms with Gasteiger partial charge in [0.1, 0.15) is 11.5 Å². The van der Waals surface area contributed by atoms with E-state index >= 15 is 0 Å². The van der Waals surface area contributed by atoms with E-state index in [-0.39, 0.29) is 23.5 Å².